The Morgan fingerprint density at radius 3 is 2.53 bits per heavy atom. The fourth-order valence-corrected chi connectivity index (χ4v) is 2.05. The number of nitrogens with zero attached hydrogens (tertiary/aromatic N) is 2. The van der Waals surface area contributed by atoms with Crippen LogP contribution in [0.5, 0.6) is 0 Å². The zero-order chi connectivity index (χ0) is 12.4. The molecule has 0 spiro atoms. The van der Waals surface area contributed by atoms with Crippen molar-refractivity contribution in [3.05, 3.63) is 56.2 Å². The highest BCUT2D eigenvalue weighted by Crippen LogP contribution is 2.21. The second kappa shape index (κ2) is 5.23. The molecule has 0 aromatic carbocycles. The van der Waals surface area contributed by atoms with E-state index in [0.717, 1.165) is 25.8 Å². The van der Waals surface area contributed by atoms with E-state index in [1.54, 1.807) is 6.20 Å². The third-order valence-corrected chi connectivity index (χ3v) is 3.92. The number of aromatic nitrogens is 2. The molecule has 0 aliphatic heterocycles. The van der Waals surface area contributed by atoms with Gasteiger partial charge in [0.1, 0.15) is 0 Å². The van der Waals surface area contributed by atoms with Gasteiger partial charge in [0.2, 0.25) is 5.95 Å². The number of pyridine rings is 2. The van der Waals surface area contributed by atoms with Gasteiger partial charge in [-0.05, 0) is 62.0 Å². The number of hydrogen-bond acceptors (Lipinski definition) is 2. The Bertz CT molecular complexity index is 558. The van der Waals surface area contributed by atoms with Crippen molar-refractivity contribution in [2.24, 2.45) is 0 Å². The van der Waals surface area contributed by atoms with Gasteiger partial charge in [-0.1, -0.05) is 0 Å². The smallest absolute Gasteiger partial charge is 0.213 e. The summed E-state index contributed by atoms with van der Waals surface area (Å²) in [7, 11) is 0. The van der Waals surface area contributed by atoms with Crippen LogP contribution in [0.15, 0.2) is 33.5 Å². The molecular weight excluding hydrogens is 351 g/mol. The van der Waals surface area contributed by atoms with Crippen LogP contribution in [-0.4, -0.2) is 9.97 Å². The maximum absolute atomic E-state index is 13.0. The van der Waals surface area contributed by atoms with Crippen molar-refractivity contribution in [3.8, 4) is 0 Å². The number of hydrogen-bond donors (Lipinski definition) is 0. The largest absolute Gasteiger partial charge is 0.260 e. The predicted molar refractivity (Wildman–Crippen MR) is 71.4 cm³/mol. The molecule has 0 radical (unpaired) electrons. The molecule has 5 heteroatoms. The average molecular weight is 360 g/mol. The standard InChI is InChI=1S/C12H9Br2FN2/c1-7-2-9(16-5-10(7)13)3-8-4-12(15)17-6-11(8)14/h2,4-6H,3H2,1H3. The lowest BCUT2D eigenvalue weighted by molar-refractivity contribution is 0.581. The topological polar surface area (TPSA) is 25.8 Å². The van der Waals surface area contributed by atoms with Gasteiger partial charge < -0.3 is 0 Å². The van der Waals surface area contributed by atoms with Gasteiger partial charge >= 0.3 is 0 Å². The van der Waals surface area contributed by atoms with E-state index in [1.165, 1.54) is 12.3 Å². The maximum Gasteiger partial charge on any atom is 0.213 e. The van der Waals surface area contributed by atoms with Crippen molar-refractivity contribution >= 4 is 31.9 Å². The van der Waals surface area contributed by atoms with Crippen LogP contribution in [-0.2, 0) is 6.42 Å². The Labute approximate surface area is 116 Å². The van der Waals surface area contributed by atoms with E-state index >= 15 is 0 Å². The predicted octanol–water partition coefficient (Wildman–Crippen LogP) is 4.04. The Kier molecular flexibility index (Phi) is 3.89. The van der Waals surface area contributed by atoms with E-state index in [4.69, 9.17) is 0 Å². The van der Waals surface area contributed by atoms with E-state index in [0.29, 0.717) is 6.42 Å². The van der Waals surface area contributed by atoms with Crippen molar-refractivity contribution in [2.75, 3.05) is 0 Å². The Balaban J connectivity index is 2.31. The molecule has 2 rings (SSSR count). The van der Waals surface area contributed by atoms with Gasteiger partial charge in [-0.2, -0.15) is 4.39 Å². The van der Waals surface area contributed by atoms with Crippen molar-refractivity contribution < 1.29 is 4.39 Å². The second-order valence-corrected chi connectivity index (χ2v) is 5.41. The molecule has 0 amide bonds. The maximum atomic E-state index is 13.0. The van der Waals surface area contributed by atoms with Crippen molar-refractivity contribution in [1.82, 2.24) is 9.97 Å². The molecule has 17 heavy (non-hydrogen) atoms. The molecule has 0 N–H and O–H groups in total. The summed E-state index contributed by atoms with van der Waals surface area (Å²) in [4.78, 5) is 7.87. The summed E-state index contributed by atoms with van der Waals surface area (Å²) in [5.74, 6) is -0.475. The molecule has 2 aromatic heterocycles. The van der Waals surface area contributed by atoms with Crippen LogP contribution >= 0.6 is 31.9 Å². The first-order chi connectivity index (χ1) is 8.06. The van der Waals surface area contributed by atoms with Crippen LogP contribution < -0.4 is 0 Å². The average Bonchev–Trinajstić information content (AvgIpc) is 2.29. The number of halogens is 3. The first kappa shape index (κ1) is 12.6. The van der Waals surface area contributed by atoms with Crippen LogP contribution in [0.4, 0.5) is 4.39 Å². The van der Waals surface area contributed by atoms with Crippen LogP contribution in [0.1, 0.15) is 16.8 Å². The Morgan fingerprint density at radius 2 is 1.82 bits per heavy atom. The lowest BCUT2D eigenvalue weighted by Gasteiger charge is -2.05. The van der Waals surface area contributed by atoms with Gasteiger partial charge in [-0.3, -0.25) is 4.98 Å². The number of rotatable bonds is 2. The third kappa shape index (κ3) is 3.10. The summed E-state index contributed by atoms with van der Waals surface area (Å²) in [6.07, 6.45) is 3.81. The highest BCUT2D eigenvalue weighted by molar-refractivity contribution is 9.10. The normalized spacial score (nSPS) is 10.6. The van der Waals surface area contributed by atoms with E-state index in [9.17, 15) is 4.39 Å². The Morgan fingerprint density at radius 1 is 1.12 bits per heavy atom. The third-order valence-electron chi connectivity index (χ3n) is 2.38. The zero-order valence-electron chi connectivity index (χ0n) is 9.04. The quantitative estimate of drug-likeness (QED) is 0.756. The lowest BCUT2D eigenvalue weighted by atomic mass is 10.1. The van der Waals surface area contributed by atoms with Gasteiger partial charge in [0.25, 0.3) is 0 Å². The molecule has 0 aliphatic rings. The molecule has 0 fully saturated rings. The van der Waals surface area contributed by atoms with Crippen LogP contribution in [0.3, 0.4) is 0 Å². The van der Waals surface area contributed by atoms with Crippen molar-refractivity contribution in [1.29, 1.82) is 0 Å². The summed E-state index contributed by atoms with van der Waals surface area (Å²) in [6, 6.07) is 3.40. The first-order valence-corrected chi connectivity index (χ1v) is 6.56. The minimum atomic E-state index is -0.475. The fraction of sp³-hybridized carbons (Fsp3) is 0.167. The van der Waals surface area contributed by atoms with Crippen LogP contribution in [0, 0.1) is 12.9 Å². The minimum Gasteiger partial charge on any atom is -0.260 e. The SMILES string of the molecule is Cc1cc(Cc2cc(F)ncc2Br)ncc1Br. The molecule has 2 aromatic rings. The van der Waals surface area contributed by atoms with E-state index in [1.807, 2.05) is 13.0 Å². The van der Waals surface area contributed by atoms with E-state index < -0.39 is 5.95 Å². The van der Waals surface area contributed by atoms with Crippen molar-refractivity contribution in [3.63, 3.8) is 0 Å². The minimum absolute atomic E-state index is 0.475. The summed E-state index contributed by atoms with van der Waals surface area (Å²) < 4.78 is 14.8. The van der Waals surface area contributed by atoms with Gasteiger partial charge in [-0.15, -0.1) is 0 Å². The van der Waals surface area contributed by atoms with E-state index in [2.05, 4.69) is 41.8 Å². The zero-order valence-corrected chi connectivity index (χ0v) is 12.2. The molecule has 0 saturated heterocycles. The van der Waals surface area contributed by atoms with Crippen molar-refractivity contribution in [2.45, 2.75) is 13.3 Å². The van der Waals surface area contributed by atoms with Gasteiger partial charge in [-0.25, -0.2) is 4.98 Å². The van der Waals surface area contributed by atoms with E-state index in [-0.39, 0.29) is 0 Å². The van der Waals surface area contributed by atoms with Gasteiger partial charge in [0.15, 0.2) is 0 Å². The first-order valence-electron chi connectivity index (χ1n) is 4.97. The molecule has 0 aliphatic carbocycles. The highest BCUT2D eigenvalue weighted by atomic mass is 79.9. The molecule has 0 unspecified atom stereocenters. The molecule has 0 atom stereocenters. The molecule has 2 heterocycles. The Hall–Kier alpha value is -0.810. The summed E-state index contributed by atoms with van der Waals surface area (Å²) >= 11 is 6.75. The van der Waals surface area contributed by atoms with Crippen LogP contribution in [0.2, 0.25) is 0 Å². The fourth-order valence-electron chi connectivity index (χ4n) is 1.48. The molecular formula is C12H9Br2FN2. The summed E-state index contributed by atoms with van der Waals surface area (Å²) in [5.41, 5.74) is 2.85. The second-order valence-electron chi connectivity index (χ2n) is 3.70. The van der Waals surface area contributed by atoms with Crippen LogP contribution in [0.25, 0.3) is 0 Å². The summed E-state index contributed by atoms with van der Waals surface area (Å²) in [6.45, 7) is 2.00. The molecule has 0 saturated carbocycles. The van der Waals surface area contributed by atoms with Gasteiger partial charge in [0, 0.05) is 33.5 Å². The molecule has 2 nitrogen and oxygen atoms in total. The number of aryl methyl sites for hydroxylation is 1. The molecule has 88 valence electrons. The lowest BCUT2D eigenvalue weighted by Crippen LogP contribution is -1.96. The monoisotopic (exact) mass is 358 g/mol. The highest BCUT2D eigenvalue weighted by Gasteiger charge is 2.06. The summed E-state index contributed by atoms with van der Waals surface area (Å²) in [5, 5.41) is 0. The molecule has 0 bridgehead atoms. The van der Waals surface area contributed by atoms with Gasteiger partial charge in [0.05, 0.1) is 0 Å².